The van der Waals surface area contributed by atoms with Gasteiger partial charge in [-0.2, -0.15) is 4.98 Å². The number of hydrogen-bond donors (Lipinski definition) is 1. The topological polar surface area (TPSA) is 64.9 Å². The zero-order chi connectivity index (χ0) is 13.1. The van der Waals surface area contributed by atoms with E-state index >= 15 is 0 Å². The Morgan fingerprint density at radius 1 is 1.50 bits per heavy atom. The highest BCUT2D eigenvalue weighted by Crippen LogP contribution is 2.26. The van der Waals surface area contributed by atoms with Gasteiger partial charge in [-0.25, -0.2) is 4.39 Å². The summed E-state index contributed by atoms with van der Waals surface area (Å²) in [7, 11) is 0. The van der Waals surface area contributed by atoms with Crippen molar-refractivity contribution < 1.29 is 8.91 Å². The van der Waals surface area contributed by atoms with E-state index in [1.165, 1.54) is 12.1 Å². The van der Waals surface area contributed by atoms with Gasteiger partial charge in [0.1, 0.15) is 0 Å². The summed E-state index contributed by atoms with van der Waals surface area (Å²) in [6.07, 6.45) is 1.32. The zero-order valence-electron chi connectivity index (χ0n) is 9.86. The normalized spacial score (nSPS) is 12.7. The molecule has 96 valence electrons. The molecule has 2 aromatic rings. The first-order valence-electron chi connectivity index (χ1n) is 5.64. The Morgan fingerprint density at radius 2 is 2.28 bits per heavy atom. The third-order valence-corrected chi connectivity index (χ3v) is 2.91. The third kappa shape index (κ3) is 2.68. The lowest BCUT2D eigenvalue weighted by Gasteiger charge is -2.02. The van der Waals surface area contributed by atoms with Gasteiger partial charge in [0.15, 0.2) is 11.6 Å². The maximum atomic E-state index is 13.7. The second-order valence-corrected chi connectivity index (χ2v) is 4.40. The van der Waals surface area contributed by atoms with E-state index in [0.717, 1.165) is 6.42 Å². The van der Waals surface area contributed by atoms with Gasteiger partial charge in [-0.3, -0.25) is 0 Å². The van der Waals surface area contributed by atoms with Crippen LogP contribution in [0.5, 0.6) is 0 Å². The van der Waals surface area contributed by atoms with Gasteiger partial charge in [0.25, 0.3) is 5.89 Å². The van der Waals surface area contributed by atoms with Crippen LogP contribution in [0.2, 0.25) is 5.02 Å². The summed E-state index contributed by atoms with van der Waals surface area (Å²) in [5.74, 6) is 0.0289. The summed E-state index contributed by atoms with van der Waals surface area (Å²) < 4.78 is 18.8. The highest BCUT2D eigenvalue weighted by atomic mass is 35.5. The molecule has 0 saturated heterocycles. The van der Waals surface area contributed by atoms with Crippen molar-refractivity contribution in [2.75, 3.05) is 0 Å². The smallest absolute Gasteiger partial charge is 0.260 e. The molecule has 0 aliphatic carbocycles. The molecule has 4 nitrogen and oxygen atoms in total. The van der Waals surface area contributed by atoms with Gasteiger partial charge in [-0.1, -0.05) is 29.7 Å². The lowest BCUT2D eigenvalue weighted by molar-refractivity contribution is 0.417. The summed E-state index contributed by atoms with van der Waals surface area (Å²) in [6.45, 7) is 1.97. The molecule has 1 heterocycles. The molecule has 6 heteroatoms. The molecular weight excluding hydrogens is 257 g/mol. The fourth-order valence-electron chi connectivity index (χ4n) is 1.49. The van der Waals surface area contributed by atoms with E-state index in [-0.39, 0.29) is 22.5 Å². The van der Waals surface area contributed by atoms with Gasteiger partial charge in [-0.05, 0) is 18.6 Å². The lowest BCUT2D eigenvalue weighted by atomic mass is 10.1. The van der Waals surface area contributed by atoms with Crippen molar-refractivity contribution in [3.05, 3.63) is 34.9 Å². The van der Waals surface area contributed by atoms with Crippen molar-refractivity contribution in [1.82, 2.24) is 10.1 Å². The Kier molecular flexibility index (Phi) is 3.93. The van der Waals surface area contributed by atoms with E-state index in [1.807, 2.05) is 6.92 Å². The molecule has 0 fully saturated rings. The van der Waals surface area contributed by atoms with Gasteiger partial charge in [-0.15, -0.1) is 0 Å². The SMILES string of the molecule is CCC(N)Cc1noc(-c2cccc(Cl)c2F)n1. The second kappa shape index (κ2) is 5.46. The van der Waals surface area contributed by atoms with Crippen molar-refractivity contribution in [1.29, 1.82) is 0 Å². The number of aromatic nitrogens is 2. The number of hydrogen-bond acceptors (Lipinski definition) is 4. The van der Waals surface area contributed by atoms with Crippen LogP contribution in [0.1, 0.15) is 19.2 Å². The quantitative estimate of drug-likeness (QED) is 0.927. The van der Waals surface area contributed by atoms with E-state index in [9.17, 15) is 4.39 Å². The van der Waals surface area contributed by atoms with Gasteiger partial charge in [0.05, 0.1) is 10.6 Å². The summed E-state index contributed by atoms with van der Waals surface area (Å²) in [5.41, 5.74) is 5.99. The average Bonchev–Trinajstić information content (AvgIpc) is 2.80. The monoisotopic (exact) mass is 269 g/mol. The molecular formula is C12H13ClFN3O. The second-order valence-electron chi connectivity index (χ2n) is 3.99. The fraction of sp³-hybridized carbons (Fsp3) is 0.333. The Hall–Kier alpha value is -1.46. The Labute approximate surface area is 109 Å². The van der Waals surface area contributed by atoms with Gasteiger partial charge >= 0.3 is 0 Å². The predicted octanol–water partition coefficient (Wildman–Crippen LogP) is 2.81. The molecule has 0 saturated carbocycles. The minimum Gasteiger partial charge on any atom is -0.334 e. The number of benzene rings is 1. The molecule has 0 aliphatic rings. The molecule has 0 amide bonds. The standard InChI is InChI=1S/C12H13ClFN3O/c1-2-7(15)6-10-16-12(18-17-10)8-4-3-5-9(13)11(8)14/h3-5,7H,2,6,15H2,1H3. The van der Waals surface area contributed by atoms with Crippen molar-refractivity contribution in [2.24, 2.45) is 5.73 Å². The predicted molar refractivity (Wildman–Crippen MR) is 66.7 cm³/mol. The summed E-state index contributed by atoms with van der Waals surface area (Å²) in [6, 6.07) is 4.60. The van der Waals surface area contributed by atoms with Crippen LogP contribution < -0.4 is 5.73 Å². The maximum absolute atomic E-state index is 13.7. The molecule has 1 unspecified atom stereocenters. The van der Waals surface area contributed by atoms with Gasteiger partial charge < -0.3 is 10.3 Å². The zero-order valence-corrected chi connectivity index (χ0v) is 10.6. The molecule has 0 radical (unpaired) electrons. The molecule has 2 rings (SSSR count). The Morgan fingerprint density at radius 3 is 3.00 bits per heavy atom. The van der Waals surface area contributed by atoms with Crippen LogP contribution in [0.15, 0.2) is 22.7 Å². The molecule has 1 atom stereocenters. The third-order valence-electron chi connectivity index (χ3n) is 2.62. The summed E-state index contributed by atoms with van der Waals surface area (Å²) >= 11 is 5.69. The van der Waals surface area contributed by atoms with Crippen LogP contribution in [-0.2, 0) is 6.42 Å². The van der Waals surface area contributed by atoms with Crippen LogP contribution in [0.25, 0.3) is 11.5 Å². The molecule has 2 N–H and O–H groups in total. The van der Waals surface area contributed by atoms with E-state index in [1.54, 1.807) is 6.07 Å². The van der Waals surface area contributed by atoms with Crippen molar-refractivity contribution in [3.63, 3.8) is 0 Å². The largest absolute Gasteiger partial charge is 0.334 e. The van der Waals surface area contributed by atoms with E-state index < -0.39 is 5.82 Å². The van der Waals surface area contributed by atoms with Gasteiger partial charge in [0, 0.05) is 12.5 Å². The number of rotatable bonds is 4. The van der Waals surface area contributed by atoms with Crippen LogP contribution in [0, 0.1) is 5.82 Å². The minimum atomic E-state index is -0.561. The van der Waals surface area contributed by atoms with Crippen molar-refractivity contribution in [3.8, 4) is 11.5 Å². The highest BCUT2D eigenvalue weighted by Gasteiger charge is 2.16. The molecule has 0 bridgehead atoms. The minimum absolute atomic E-state index is 0.0255. The summed E-state index contributed by atoms with van der Waals surface area (Å²) in [5, 5.41) is 3.80. The van der Waals surface area contributed by atoms with E-state index in [2.05, 4.69) is 10.1 Å². The van der Waals surface area contributed by atoms with E-state index in [4.69, 9.17) is 21.9 Å². The first-order chi connectivity index (χ1) is 8.61. The highest BCUT2D eigenvalue weighted by molar-refractivity contribution is 6.31. The van der Waals surface area contributed by atoms with Crippen LogP contribution >= 0.6 is 11.6 Å². The number of nitrogens with two attached hydrogens (primary N) is 1. The first-order valence-corrected chi connectivity index (χ1v) is 6.02. The van der Waals surface area contributed by atoms with Crippen molar-refractivity contribution >= 4 is 11.6 Å². The van der Waals surface area contributed by atoms with Crippen molar-refractivity contribution in [2.45, 2.75) is 25.8 Å². The van der Waals surface area contributed by atoms with Crippen LogP contribution in [-0.4, -0.2) is 16.2 Å². The number of halogens is 2. The Balaban J connectivity index is 2.27. The average molecular weight is 270 g/mol. The van der Waals surface area contributed by atoms with Crippen LogP contribution in [0.4, 0.5) is 4.39 Å². The van der Waals surface area contributed by atoms with Gasteiger partial charge in [0.2, 0.25) is 0 Å². The number of nitrogens with zero attached hydrogens (tertiary/aromatic N) is 2. The molecule has 0 spiro atoms. The maximum Gasteiger partial charge on any atom is 0.260 e. The lowest BCUT2D eigenvalue weighted by Crippen LogP contribution is -2.21. The Bertz CT molecular complexity index is 544. The molecule has 1 aromatic heterocycles. The fourth-order valence-corrected chi connectivity index (χ4v) is 1.67. The van der Waals surface area contributed by atoms with Crippen LogP contribution in [0.3, 0.4) is 0 Å². The molecule has 0 aliphatic heterocycles. The van der Waals surface area contributed by atoms with E-state index in [0.29, 0.717) is 12.2 Å². The summed E-state index contributed by atoms with van der Waals surface area (Å²) in [4.78, 5) is 4.11. The molecule has 1 aromatic carbocycles. The first kappa shape index (κ1) is 13.0. The molecule has 18 heavy (non-hydrogen) atoms.